The Labute approximate surface area is 259 Å². The van der Waals surface area contributed by atoms with Crippen LogP contribution < -0.4 is 21.9 Å². The van der Waals surface area contributed by atoms with E-state index in [1.54, 1.807) is 56.4 Å². The lowest BCUT2D eigenvalue weighted by molar-refractivity contribution is -0.150. The van der Waals surface area contributed by atoms with Gasteiger partial charge in [0.2, 0.25) is 0 Å². The molecule has 0 fully saturated rings. The number of carbonyl (C=O) groups is 2. The van der Waals surface area contributed by atoms with Gasteiger partial charge in [0.1, 0.15) is 6.04 Å². The molecule has 0 aliphatic heterocycles. The summed E-state index contributed by atoms with van der Waals surface area (Å²) in [5.74, 6) is -1.22. The Bertz CT molecular complexity index is 1740. The highest BCUT2D eigenvalue weighted by Gasteiger charge is 2.27. The van der Waals surface area contributed by atoms with E-state index in [1.165, 1.54) is 16.7 Å². The van der Waals surface area contributed by atoms with E-state index in [-0.39, 0.29) is 28.1 Å². The first-order valence-corrected chi connectivity index (χ1v) is 14.8. The Hall–Kier alpha value is -3.92. The largest absolute Gasteiger partial charge is 0.461 e. The van der Waals surface area contributed by atoms with Gasteiger partial charge in [-0.15, -0.1) is 0 Å². The zero-order valence-corrected chi connectivity index (χ0v) is 26.0. The molecule has 0 saturated heterocycles. The number of aryl methyl sites for hydroxylation is 1. The molecule has 1 amide bonds. The third-order valence-electron chi connectivity index (χ3n) is 7.22. The van der Waals surface area contributed by atoms with E-state index >= 15 is 0 Å². The smallest absolute Gasteiger partial charge is 0.335 e. The summed E-state index contributed by atoms with van der Waals surface area (Å²) < 4.78 is 8.10. The number of carbonyl (C=O) groups excluding carboxylic acids is 2. The second-order valence-corrected chi connectivity index (χ2v) is 11.1. The van der Waals surface area contributed by atoms with Crippen molar-refractivity contribution in [3.8, 4) is 5.69 Å². The van der Waals surface area contributed by atoms with E-state index in [2.05, 4.69) is 10.6 Å². The molecular formula is C32H34Cl2N4O5. The Kier molecular flexibility index (Phi) is 10.4. The predicted octanol–water partition coefficient (Wildman–Crippen LogP) is 4.79. The lowest BCUT2D eigenvalue weighted by Crippen LogP contribution is -2.44. The van der Waals surface area contributed by atoms with Gasteiger partial charge in [-0.1, -0.05) is 61.3 Å². The van der Waals surface area contributed by atoms with Gasteiger partial charge < -0.3 is 15.4 Å². The number of rotatable bonds is 11. The van der Waals surface area contributed by atoms with Crippen LogP contribution in [0.4, 0.5) is 0 Å². The molecule has 43 heavy (non-hydrogen) atoms. The first-order valence-electron chi connectivity index (χ1n) is 14.1. The van der Waals surface area contributed by atoms with E-state index in [0.717, 1.165) is 16.7 Å². The molecule has 0 spiro atoms. The van der Waals surface area contributed by atoms with Gasteiger partial charge in [-0.25, -0.2) is 14.2 Å². The van der Waals surface area contributed by atoms with Crippen molar-refractivity contribution in [2.24, 2.45) is 7.05 Å². The molecule has 0 radical (unpaired) electrons. The molecule has 1 aromatic heterocycles. The van der Waals surface area contributed by atoms with Gasteiger partial charge in [-0.3, -0.25) is 14.2 Å². The molecular weight excluding hydrogens is 591 g/mol. The number of fused-ring (bicyclic) bond motifs is 1. The molecule has 1 unspecified atom stereocenters. The SMILES string of the molecule is CCNCc1ccc2c(c1)c(=O)n(-c1ccc(C[C@H](NC(=O)c3c(Cl)cccc3Cl)C(=O)OC(C)CC)cc1)c(=O)n2C. The minimum atomic E-state index is -1.05. The van der Waals surface area contributed by atoms with Crippen molar-refractivity contribution < 1.29 is 14.3 Å². The summed E-state index contributed by atoms with van der Waals surface area (Å²) in [6.07, 6.45) is 0.332. The monoisotopic (exact) mass is 624 g/mol. The number of amides is 1. The molecule has 0 bridgehead atoms. The third-order valence-corrected chi connectivity index (χ3v) is 7.85. The minimum Gasteiger partial charge on any atom is -0.461 e. The lowest BCUT2D eigenvalue weighted by Gasteiger charge is -2.21. The molecule has 3 aromatic carbocycles. The maximum absolute atomic E-state index is 13.5. The molecule has 226 valence electrons. The molecule has 2 N–H and O–H groups in total. The number of benzene rings is 3. The summed E-state index contributed by atoms with van der Waals surface area (Å²) in [5, 5.41) is 6.68. The summed E-state index contributed by atoms with van der Waals surface area (Å²) in [6.45, 7) is 7.04. The van der Waals surface area contributed by atoms with Crippen molar-refractivity contribution in [3.05, 3.63) is 108 Å². The first kappa shape index (κ1) is 32.0. The number of hydrogen-bond donors (Lipinski definition) is 2. The van der Waals surface area contributed by atoms with Gasteiger partial charge in [-0.2, -0.15) is 0 Å². The van der Waals surface area contributed by atoms with Crippen LogP contribution in [0.5, 0.6) is 0 Å². The van der Waals surface area contributed by atoms with Crippen LogP contribution in [0.3, 0.4) is 0 Å². The van der Waals surface area contributed by atoms with Crippen LogP contribution in [-0.4, -0.2) is 39.7 Å². The minimum absolute atomic E-state index is 0.0580. The summed E-state index contributed by atoms with van der Waals surface area (Å²) in [7, 11) is 1.63. The van der Waals surface area contributed by atoms with Crippen LogP contribution in [0.2, 0.25) is 10.0 Å². The van der Waals surface area contributed by atoms with Crippen molar-refractivity contribution in [2.75, 3.05) is 6.54 Å². The fourth-order valence-electron chi connectivity index (χ4n) is 4.63. The van der Waals surface area contributed by atoms with E-state index in [0.29, 0.717) is 35.1 Å². The van der Waals surface area contributed by atoms with E-state index in [1.807, 2.05) is 19.9 Å². The maximum atomic E-state index is 13.5. The predicted molar refractivity (Wildman–Crippen MR) is 169 cm³/mol. The van der Waals surface area contributed by atoms with Gasteiger partial charge in [0.05, 0.1) is 38.3 Å². The van der Waals surface area contributed by atoms with Gasteiger partial charge >= 0.3 is 11.7 Å². The van der Waals surface area contributed by atoms with Gasteiger partial charge in [-0.05, 0) is 67.4 Å². The van der Waals surface area contributed by atoms with Crippen LogP contribution in [-0.2, 0) is 29.5 Å². The molecule has 11 heteroatoms. The number of ether oxygens (including phenoxy) is 1. The topological polar surface area (TPSA) is 111 Å². The van der Waals surface area contributed by atoms with Crippen LogP contribution in [0.15, 0.2) is 70.3 Å². The highest BCUT2D eigenvalue weighted by atomic mass is 35.5. The van der Waals surface area contributed by atoms with Gasteiger partial charge in [0.15, 0.2) is 0 Å². The number of esters is 1. The summed E-state index contributed by atoms with van der Waals surface area (Å²) in [5.41, 5.74) is 1.66. The lowest BCUT2D eigenvalue weighted by atomic mass is 10.0. The summed E-state index contributed by atoms with van der Waals surface area (Å²) >= 11 is 12.4. The summed E-state index contributed by atoms with van der Waals surface area (Å²) in [4.78, 5) is 53.0. The molecule has 0 aliphatic carbocycles. The normalized spacial score (nSPS) is 12.6. The van der Waals surface area contributed by atoms with E-state index in [4.69, 9.17) is 27.9 Å². The molecule has 4 aromatic rings. The summed E-state index contributed by atoms with van der Waals surface area (Å²) in [6, 6.07) is 15.8. The highest BCUT2D eigenvalue weighted by molar-refractivity contribution is 6.39. The Morgan fingerprint density at radius 1 is 0.953 bits per heavy atom. The molecule has 2 atom stereocenters. The van der Waals surface area contributed by atoms with Crippen molar-refractivity contribution in [3.63, 3.8) is 0 Å². The Balaban J connectivity index is 1.66. The number of nitrogens with zero attached hydrogens (tertiary/aromatic N) is 2. The standard InChI is InChI=1S/C32H34Cl2N4O5/c1-5-19(3)43-31(41)26(36-29(39)28-24(33)8-7-9-25(28)34)17-20-10-13-22(14-11-20)38-30(40)23-16-21(18-35-6-2)12-15-27(23)37(4)32(38)42/h7-16,19,26,35H,5-6,17-18H2,1-4H3,(H,36,39)/t19?,26-/m0/s1. The fourth-order valence-corrected chi connectivity index (χ4v) is 5.20. The highest BCUT2D eigenvalue weighted by Crippen LogP contribution is 2.24. The quantitative estimate of drug-likeness (QED) is 0.232. The van der Waals surface area contributed by atoms with Crippen LogP contribution in [0.1, 0.15) is 48.7 Å². The molecule has 4 rings (SSSR count). The van der Waals surface area contributed by atoms with E-state index in [9.17, 15) is 19.2 Å². The average molecular weight is 626 g/mol. The number of halogens is 2. The number of nitrogens with one attached hydrogen (secondary N) is 2. The first-order chi connectivity index (χ1) is 20.5. The van der Waals surface area contributed by atoms with E-state index < -0.39 is 29.2 Å². The molecule has 0 saturated carbocycles. The van der Waals surface area contributed by atoms with Crippen molar-refractivity contribution in [1.29, 1.82) is 0 Å². The molecule has 0 aliphatic rings. The van der Waals surface area contributed by atoms with Crippen molar-refractivity contribution >= 4 is 46.0 Å². The number of hydrogen-bond acceptors (Lipinski definition) is 6. The van der Waals surface area contributed by atoms with Crippen molar-refractivity contribution in [1.82, 2.24) is 19.8 Å². The zero-order chi connectivity index (χ0) is 31.3. The third kappa shape index (κ3) is 7.18. The van der Waals surface area contributed by atoms with Gasteiger partial charge in [0, 0.05) is 20.0 Å². The zero-order valence-electron chi connectivity index (χ0n) is 24.4. The van der Waals surface area contributed by atoms with Gasteiger partial charge in [0.25, 0.3) is 11.5 Å². The molecule has 9 nitrogen and oxygen atoms in total. The Morgan fingerprint density at radius 2 is 1.60 bits per heavy atom. The van der Waals surface area contributed by atoms with Crippen LogP contribution in [0, 0.1) is 0 Å². The van der Waals surface area contributed by atoms with Crippen molar-refractivity contribution in [2.45, 2.75) is 52.3 Å². The second kappa shape index (κ2) is 14.0. The maximum Gasteiger partial charge on any atom is 0.335 e. The fraction of sp³-hybridized carbons (Fsp3) is 0.312. The number of aromatic nitrogens is 2. The van der Waals surface area contributed by atoms with Crippen LogP contribution in [0.25, 0.3) is 16.6 Å². The second-order valence-electron chi connectivity index (χ2n) is 10.3. The average Bonchev–Trinajstić information content (AvgIpc) is 2.99. The van der Waals surface area contributed by atoms with Crippen LogP contribution >= 0.6 is 23.2 Å². The Morgan fingerprint density at radius 3 is 2.23 bits per heavy atom. The molecule has 1 heterocycles.